The van der Waals surface area contributed by atoms with Crippen molar-refractivity contribution in [3.05, 3.63) is 51.3 Å². The van der Waals surface area contributed by atoms with Gasteiger partial charge >= 0.3 is 0 Å². The van der Waals surface area contributed by atoms with Gasteiger partial charge in [0.2, 0.25) is 0 Å². The molecule has 0 aliphatic carbocycles. The zero-order chi connectivity index (χ0) is 23.0. The summed E-state index contributed by atoms with van der Waals surface area (Å²) in [6, 6.07) is 6.82. The van der Waals surface area contributed by atoms with Gasteiger partial charge in [0.25, 0.3) is 0 Å². The fourth-order valence-electron chi connectivity index (χ4n) is 5.18. The van der Waals surface area contributed by atoms with Gasteiger partial charge in [-0.05, 0) is 103 Å². The number of hydrogen-bond acceptors (Lipinski definition) is 3. The van der Waals surface area contributed by atoms with Crippen LogP contribution >= 0.6 is 15.9 Å². The molecule has 0 spiro atoms. The lowest BCUT2D eigenvalue weighted by Crippen LogP contribution is -2.34. The molecular formula is C27H36BrN3O. The standard InChI is InChI=1S/C27H36BrN3O/c1-17(2)22-13-18(3)26(23(28)15-22)31-16-19(4)25-24(14-20(5)29-27(25)31)30-10-8-21(9-11-30)7-6-12-32/h13-17,21,32H,6-12H2,1-5H3. The van der Waals surface area contributed by atoms with Crippen molar-refractivity contribution in [2.24, 2.45) is 5.92 Å². The van der Waals surface area contributed by atoms with Gasteiger partial charge in [-0.3, -0.25) is 4.57 Å². The van der Waals surface area contributed by atoms with E-state index in [2.05, 4.69) is 84.4 Å². The number of halogens is 1. The molecule has 3 heterocycles. The number of hydrogen-bond donors (Lipinski definition) is 1. The van der Waals surface area contributed by atoms with Crippen molar-refractivity contribution in [3.8, 4) is 5.69 Å². The Morgan fingerprint density at radius 2 is 1.81 bits per heavy atom. The molecule has 4 nitrogen and oxygen atoms in total. The molecule has 32 heavy (non-hydrogen) atoms. The number of aromatic nitrogens is 2. The van der Waals surface area contributed by atoms with Crippen molar-refractivity contribution in [2.45, 2.75) is 66.2 Å². The molecule has 0 amide bonds. The lowest BCUT2D eigenvalue weighted by Gasteiger charge is -2.34. The lowest BCUT2D eigenvalue weighted by molar-refractivity contribution is 0.261. The third-order valence-corrected chi connectivity index (χ3v) is 7.57. The van der Waals surface area contributed by atoms with Crippen LogP contribution in [0.3, 0.4) is 0 Å². The van der Waals surface area contributed by atoms with Crippen molar-refractivity contribution in [1.82, 2.24) is 9.55 Å². The van der Waals surface area contributed by atoms with E-state index in [9.17, 15) is 0 Å². The quantitative estimate of drug-likeness (QED) is 0.405. The van der Waals surface area contributed by atoms with E-state index in [1.807, 2.05) is 0 Å². The molecule has 1 fully saturated rings. The minimum Gasteiger partial charge on any atom is -0.396 e. The van der Waals surface area contributed by atoms with Gasteiger partial charge in [-0.1, -0.05) is 19.9 Å². The largest absolute Gasteiger partial charge is 0.396 e. The molecule has 1 aromatic carbocycles. The molecule has 1 saturated heterocycles. The van der Waals surface area contributed by atoms with E-state index in [0.29, 0.717) is 12.5 Å². The summed E-state index contributed by atoms with van der Waals surface area (Å²) in [5.41, 5.74) is 8.47. The van der Waals surface area contributed by atoms with Gasteiger partial charge in [0, 0.05) is 47.1 Å². The first-order chi connectivity index (χ1) is 15.3. The number of nitrogens with zero attached hydrogens (tertiary/aromatic N) is 3. The second-order valence-electron chi connectivity index (χ2n) is 9.78. The summed E-state index contributed by atoms with van der Waals surface area (Å²) in [7, 11) is 0. The highest BCUT2D eigenvalue weighted by atomic mass is 79.9. The van der Waals surface area contributed by atoms with Crippen molar-refractivity contribution < 1.29 is 5.11 Å². The maximum Gasteiger partial charge on any atom is 0.147 e. The molecule has 0 bridgehead atoms. The molecular weight excluding hydrogens is 462 g/mol. The molecule has 0 unspecified atom stereocenters. The van der Waals surface area contributed by atoms with Gasteiger partial charge in [0.1, 0.15) is 5.65 Å². The van der Waals surface area contributed by atoms with Crippen LogP contribution in [0.2, 0.25) is 0 Å². The third-order valence-electron chi connectivity index (χ3n) is 6.96. The summed E-state index contributed by atoms with van der Waals surface area (Å²) >= 11 is 3.86. The smallest absolute Gasteiger partial charge is 0.147 e. The van der Waals surface area contributed by atoms with Crippen LogP contribution in [0, 0.1) is 26.7 Å². The third kappa shape index (κ3) is 4.47. The van der Waals surface area contributed by atoms with Crippen LogP contribution in [-0.4, -0.2) is 34.4 Å². The SMILES string of the molecule is Cc1cc(N2CCC(CCCO)CC2)c2c(C)cn(-c3c(C)cc(C(C)C)cc3Br)c2n1. The Morgan fingerprint density at radius 1 is 1.09 bits per heavy atom. The number of aliphatic hydroxyl groups excluding tert-OH is 1. The number of anilines is 1. The van der Waals surface area contributed by atoms with Gasteiger partial charge in [0.05, 0.1) is 5.69 Å². The molecule has 4 rings (SSSR count). The zero-order valence-electron chi connectivity index (χ0n) is 20.1. The Labute approximate surface area is 200 Å². The van der Waals surface area contributed by atoms with E-state index in [0.717, 1.165) is 47.7 Å². The number of aliphatic hydroxyl groups is 1. The molecule has 0 saturated carbocycles. The average Bonchev–Trinajstić information content (AvgIpc) is 3.07. The van der Waals surface area contributed by atoms with Crippen LogP contribution in [-0.2, 0) is 0 Å². The Morgan fingerprint density at radius 3 is 2.44 bits per heavy atom. The number of benzene rings is 1. The predicted octanol–water partition coefficient (Wildman–Crippen LogP) is 6.83. The van der Waals surface area contributed by atoms with Gasteiger partial charge in [0.15, 0.2) is 0 Å². The zero-order valence-corrected chi connectivity index (χ0v) is 21.7. The van der Waals surface area contributed by atoms with E-state index in [4.69, 9.17) is 10.1 Å². The molecule has 2 aromatic heterocycles. The summed E-state index contributed by atoms with van der Waals surface area (Å²) in [6.07, 6.45) is 6.71. The lowest BCUT2D eigenvalue weighted by atomic mass is 9.92. The van der Waals surface area contributed by atoms with Crippen molar-refractivity contribution >= 4 is 32.7 Å². The maximum absolute atomic E-state index is 9.16. The first kappa shape index (κ1) is 23.3. The minimum atomic E-state index is 0.310. The monoisotopic (exact) mass is 497 g/mol. The summed E-state index contributed by atoms with van der Waals surface area (Å²) in [5.74, 6) is 1.23. The van der Waals surface area contributed by atoms with Crippen LogP contribution in [0.5, 0.6) is 0 Å². The Kier molecular flexibility index (Phi) is 6.97. The van der Waals surface area contributed by atoms with Gasteiger partial charge in [-0.25, -0.2) is 4.98 Å². The van der Waals surface area contributed by atoms with Crippen LogP contribution in [0.1, 0.15) is 67.8 Å². The molecule has 172 valence electrons. The second kappa shape index (κ2) is 9.56. The number of rotatable bonds is 6. The van der Waals surface area contributed by atoms with E-state index < -0.39 is 0 Å². The van der Waals surface area contributed by atoms with Crippen molar-refractivity contribution in [3.63, 3.8) is 0 Å². The van der Waals surface area contributed by atoms with E-state index >= 15 is 0 Å². The topological polar surface area (TPSA) is 41.3 Å². The Hall–Kier alpha value is -1.85. The van der Waals surface area contributed by atoms with E-state index in [-0.39, 0.29) is 0 Å². The molecule has 3 aromatic rings. The number of fused-ring (bicyclic) bond motifs is 1. The highest BCUT2D eigenvalue weighted by Gasteiger charge is 2.24. The van der Waals surface area contributed by atoms with E-state index in [1.54, 1.807) is 0 Å². The maximum atomic E-state index is 9.16. The molecule has 1 aliphatic rings. The Bertz CT molecular complexity index is 1090. The molecule has 0 atom stereocenters. The first-order valence-corrected chi connectivity index (χ1v) is 12.7. The average molecular weight is 499 g/mol. The molecule has 1 N–H and O–H groups in total. The first-order valence-electron chi connectivity index (χ1n) is 12.0. The number of pyridine rings is 1. The van der Waals surface area contributed by atoms with Crippen LogP contribution in [0.4, 0.5) is 5.69 Å². The van der Waals surface area contributed by atoms with E-state index in [1.165, 1.54) is 46.3 Å². The van der Waals surface area contributed by atoms with Crippen LogP contribution < -0.4 is 4.90 Å². The normalized spacial score (nSPS) is 15.3. The fraction of sp³-hybridized carbons (Fsp3) is 0.519. The summed E-state index contributed by atoms with van der Waals surface area (Å²) in [4.78, 5) is 7.56. The van der Waals surface area contributed by atoms with Gasteiger partial charge in [-0.15, -0.1) is 0 Å². The highest BCUT2D eigenvalue weighted by Crippen LogP contribution is 2.38. The number of aryl methyl sites for hydroxylation is 3. The molecule has 0 radical (unpaired) electrons. The fourth-order valence-corrected chi connectivity index (χ4v) is 5.94. The van der Waals surface area contributed by atoms with Gasteiger partial charge < -0.3 is 10.0 Å². The predicted molar refractivity (Wildman–Crippen MR) is 138 cm³/mol. The molecule has 1 aliphatic heterocycles. The Balaban J connectivity index is 1.76. The highest BCUT2D eigenvalue weighted by molar-refractivity contribution is 9.10. The second-order valence-corrected chi connectivity index (χ2v) is 10.6. The van der Waals surface area contributed by atoms with Crippen LogP contribution in [0.25, 0.3) is 16.7 Å². The van der Waals surface area contributed by atoms with Crippen molar-refractivity contribution in [1.29, 1.82) is 0 Å². The summed E-state index contributed by atoms with van der Waals surface area (Å²) < 4.78 is 3.39. The summed E-state index contributed by atoms with van der Waals surface area (Å²) in [5, 5.41) is 10.4. The van der Waals surface area contributed by atoms with Crippen molar-refractivity contribution in [2.75, 3.05) is 24.6 Å². The van der Waals surface area contributed by atoms with Gasteiger partial charge in [-0.2, -0.15) is 0 Å². The summed E-state index contributed by atoms with van der Waals surface area (Å²) in [6.45, 7) is 13.4. The molecule has 5 heteroatoms. The number of piperidine rings is 1. The van der Waals surface area contributed by atoms with Crippen LogP contribution in [0.15, 0.2) is 28.9 Å². The minimum absolute atomic E-state index is 0.310.